The van der Waals surface area contributed by atoms with E-state index in [4.69, 9.17) is 0 Å². The van der Waals surface area contributed by atoms with E-state index in [0.29, 0.717) is 5.75 Å². The van der Waals surface area contributed by atoms with E-state index in [0.717, 1.165) is 25.1 Å². The molecule has 2 heteroatoms. The topological polar surface area (TPSA) is 23.5 Å². The van der Waals surface area contributed by atoms with Gasteiger partial charge in [-0.1, -0.05) is 18.2 Å². The van der Waals surface area contributed by atoms with Crippen LogP contribution in [0.25, 0.3) is 5.57 Å². The molecule has 0 fully saturated rings. The van der Waals surface area contributed by atoms with Crippen LogP contribution in [-0.4, -0.2) is 30.1 Å². The molecular formula is C16H21NO. The summed E-state index contributed by atoms with van der Waals surface area (Å²) < 4.78 is 0. The number of allylic oxidation sites excluding steroid dienone is 2. The SMILES string of the molecule is C/C=C(/C1=CCN(C)CC1)c1cc(O)ccc1C. The minimum absolute atomic E-state index is 0.337. The number of benzene rings is 1. The number of likely N-dealkylation sites (N-methyl/N-ethyl adjacent to an activating group) is 1. The molecule has 0 radical (unpaired) electrons. The first-order valence-corrected chi connectivity index (χ1v) is 6.46. The van der Waals surface area contributed by atoms with Crippen molar-refractivity contribution in [1.82, 2.24) is 4.90 Å². The van der Waals surface area contributed by atoms with Crippen LogP contribution >= 0.6 is 0 Å². The van der Waals surface area contributed by atoms with Crippen LogP contribution in [0.1, 0.15) is 24.5 Å². The predicted octanol–water partition coefficient (Wildman–Crippen LogP) is 3.37. The zero-order valence-electron chi connectivity index (χ0n) is 11.4. The van der Waals surface area contributed by atoms with Crippen molar-refractivity contribution in [3.63, 3.8) is 0 Å². The molecule has 18 heavy (non-hydrogen) atoms. The molecule has 0 bridgehead atoms. The van der Waals surface area contributed by atoms with Crippen molar-refractivity contribution in [2.45, 2.75) is 20.3 Å². The Bertz CT molecular complexity index is 500. The van der Waals surface area contributed by atoms with Gasteiger partial charge in [0.25, 0.3) is 0 Å². The Hall–Kier alpha value is -1.54. The Labute approximate surface area is 109 Å². The van der Waals surface area contributed by atoms with Crippen molar-refractivity contribution in [1.29, 1.82) is 0 Å². The van der Waals surface area contributed by atoms with Gasteiger partial charge < -0.3 is 10.0 Å². The molecule has 0 atom stereocenters. The number of aromatic hydroxyl groups is 1. The second-order valence-electron chi connectivity index (χ2n) is 4.94. The van der Waals surface area contributed by atoms with Crippen molar-refractivity contribution in [3.8, 4) is 5.75 Å². The van der Waals surface area contributed by atoms with Crippen molar-refractivity contribution in [2.75, 3.05) is 20.1 Å². The summed E-state index contributed by atoms with van der Waals surface area (Å²) >= 11 is 0. The molecule has 0 saturated heterocycles. The van der Waals surface area contributed by atoms with Crippen molar-refractivity contribution >= 4 is 5.57 Å². The van der Waals surface area contributed by atoms with E-state index < -0.39 is 0 Å². The average molecular weight is 243 g/mol. The Kier molecular flexibility index (Phi) is 3.87. The second-order valence-corrected chi connectivity index (χ2v) is 4.94. The first-order chi connectivity index (χ1) is 8.61. The quantitative estimate of drug-likeness (QED) is 0.861. The number of phenolic OH excluding ortho intramolecular Hbond substituents is 1. The zero-order valence-corrected chi connectivity index (χ0v) is 11.4. The van der Waals surface area contributed by atoms with E-state index in [9.17, 15) is 5.11 Å². The molecule has 2 nitrogen and oxygen atoms in total. The summed E-state index contributed by atoms with van der Waals surface area (Å²) in [4.78, 5) is 2.31. The molecule has 1 aromatic rings. The van der Waals surface area contributed by atoms with E-state index in [1.165, 1.54) is 16.7 Å². The molecule has 1 heterocycles. The highest BCUT2D eigenvalue weighted by atomic mass is 16.3. The standard InChI is InChI=1S/C16H21NO/c1-4-15(13-7-9-17(3)10-8-13)16-11-14(18)6-5-12(16)2/h4-7,11,18H,8-10H2,1-3H3/b15-4-. The van der Waals surface area contributed by atoms with Crippen LogP contribution in [0.4, 0.5) is 0 Å². The third-order valence-electron chi connectivity index (χ3n) is 3.56. The van der Waals surface area contributed by atoms with Crippen molar-refractivity contribution in [3.05, 3.63) is 47.1 Å². The number of rotatable bonds is 2. The molecule has 1 N–H and O–H groups in total. The maximum Gasteiger partial charge on any atom is 0.116 e. The van der Waals surface area contributed by atoms with Gasteiger partial charge in [-0.15, -0.1) is 0 Å². The number of nitrogens with zero attached hydrogens (tertiary/aromatic N) is 1. The van der Waals surface area contributed by atoms with Gasteiger partial charge in [0.1, 0.15) is 5.75 Å². The molecule has 1 aliphatic heterocycles. The monoisotopic (exact) mass is 243 g/mol. The van der Waals surface area contributed by atoms with Crippen LogP contribution in [0.15, 0.2) is 35.9 Å². The van der Waals surface area contributed by atoms with Crippen LogP contribution in [0.3, 0.4) is 0 Å². The first-order valence-electron chi connectivity index (χ1n) is 6.46. The molecule has 0 saturated carbocycles. The number of phenols is 1. The lowest BCUT2D eigenvalue weighted by atomic mass is 9.90. The molecule has 0 aliphatic carbocycles. The van der Waals surface area contributed by atoms with Gasteiger partial charge in [-0.25, -0.2) is 0 Å². The highest BCUT2D eigenvalue weighted by Gasteiger charge is 2.14. The molecule has 0 aromatic heterocycles. The van der Waals surface area contributed by atoms with E-state index in [2.05, 4.69) is 37.9 Å². The minimum Gasteiger partial charge on any atom is -0.508 e. The molecule has 96 valence electrons. The second kappa shape index (κ2) is 5.40. The van der Waals surface area contributed by atoms with E-state index in [1.54, 1.807) is 6.07 Å². The van der Waals surface area contributed by atoms with E-state index >= 15 is 0 Å². The smallest absolute Gasteiger partial charge is 0.116 e. The Morgan fingerprint density at radius 1 is 1.39 bits per heavy atom. The highest BCUT2D eigenvalue weighted by Crippen LogP contribution is 2.31. The molecule has 0 unspecified atom stereocenters. The number of hydrogen-bond donors (Lipinski definition) is 1. The summed E-state index contributed by atoms with van der Waals surface area (Å²) in [5.74, 6) is 0.337. The summed E-state index contributed by atoms with van der Waals surface area (Å²) in [6.07, 6.45) is 5.52. The van der Waals surface area contributed by atoms with Crippen LogP contribution < -0.4 is 0 Å². The van der Waals surface area contributed by atoms with Gasteiger partial charge in [0.2, 0.25) is 0 Å². The van der Waals surface area contributed by atoms with E-state index in [-0.39, 0.29) is 0 Å². The molecular weight excluding hydrogens is 222 g/mol. The maximum atomic E-state index is 9.67. The third kappa shape index (κ3) is 2.65. The summed E-state index contributed by atoms with van der Waals surface area (Å²) in [6, 6.07) is 5.59. The van der Waals surface area contributed by atoms with Gasteiger partial charge in [-0.05, 0) is 61.7 Å². The fourth-order valence-electron chi connectivity index (χ4n) is 2.43. The number of aryl methyl sites for hydroxylation is 1. The highest BCUT2D eigenvalue weighted by molar-refractivity contribution is 5.81. The molecule has 0 amide bonds. The van der Waals surface area contributed by atoms with Gasteiger partial charge in [-0.3, -0.25) is 0 Å². The first kappa shape index (κ1) is 12.9. The lowest BCUT2D eigenvalue weighted by Gasteiger charge is -2.24. The Balaban J connectivity index is 2.38. The lowest BCUT2D eigenvalue weighted by Crippen LogP contribution is -2.24. The maximum absolute atomic E-state index is 9.67. The lowest BCUT2D eigenvalue weighted by molar-refractivity contribution is 0.362. The Morgan fingerprint density at radius 3 is 2.78 bits per heavy atom. The van der Waals surface area contributed by atoms with E-state index in [1.807, 2.05) is 12.1 Å². The van der Waals surface area contributed by atoms with Gasteiger partial charge in [0.05, 0.1) is 0 Å². The van der Waals surface area contributed by atoms with Gasteiger partial charge >= 0.3 is 0 Å². The van der Waals surface area contributed by atoms with Crippen molar-refractivity contribution in [2.24, 2.45) is 0 Å². The summed E-state index contributed by atoms with van der Waals surface area (Å²) in [7, 11) is 2.14. The van der Waals surface area contributed by atoms with Crippen LogP contribution in [0, 0.1) is 6.92 Å². The number of hydrogen-bond acceptors (Lipinski definition) is 2. The molecule has 0 spiro atoms. The third-order valence-corrected chi connectivity index (χ3v) is 3.56. The summed E-state index contributed by atoms with van der Waals surface area (Å²) in [6.45, 7) is 6.26. The van der Waals surface area contributed by atoms with Crippen LogP contribution in [0.2, 0.25) is 0 Å². The fourth-order valence-corrected chi connectivity index (χ4v) is 2.43. The van der Waals surface area contributed by atoms with Crippen LogP contribution in [0.5, 0.6) is 5.75 Å². The molecule has 1 aromatic carbocycles. The van der Waals surface area contributed by atoms with Crippen LogP contribution in [-0.2, 0) is 0 Å². The average Bonchev–Trinajstić information content (AvgIpc) is 2.37. The van der Waals surface area contributed by atoms with Crippen molar-refractivity contribution < 1.29 is 5.11 Å². The predicted molar refractivity (Wildman–Crippen MR) is 76.7 cm³/mol. The normalized spacial score (nSPS) is 17.7. The zero-order chi connectivity index (χ0) is 13.1. The summed E-state index contributed by atoms with van der Waals surface area (Å²) in [5, 5.41) is 9.67. The largest absolute Gasteiger partial charge is 0.508 e. The Morgan fingerprint density at radius 2 is 2.17 bits per heavy atom. The fraction of sp³-hybridized carbons (Fsp3) is 0.375. The molecule has 1 aliphatic rings. The van der Waals surface area contributed by atoms with Gasteiger partial charge in [0.15, 0.2) is 0 Å². The summed E-state index contributed by atoms with van der Waals surface area (Å²) in [5.41, 5.74) is 5.01. The van der Waals surface area contributed by atoms with Gasteiger partial charge in [-0.2, -0.15) is 0 Å². The minimum atomic E-state index is 0.337. The molecule has 2 rings (SSSR count). The van der Waals surface area contributed by atoms with Gasteiger partial charge in [0, 0.05) is 13.1 Å².